The molecular weight excluding hydrogens is 286 g/mol. The molecule has 0 aliphatic carbocycles. The number of nitrogens with zero attached hydrogens (tertiary/aromatic N) is 2. The molecule has 1 aromatic carbocycles. The summed E-state index contributed by atoms with van der Waals surface area (Å²) < 4.78 is 5.36. The third-order valence-electron chi connectivity index (χ3n) is 4.42. The van der Waals surface area contributed by atoms with E-state index in [0.29, 0.717) is 0 Å². The van der Waals surface area contributed by atoms with E-state index in [4.69, 9.17) is 4.74 Å². The van der Waals surface area contributed by atoms with Crippen LogP contribution in [0.15, 0.2) is 54.9 Å². The molecular formula is C19H19N3O. The van der Waals surface area contributed by atoms with Gasteiger partial charge in [-0.2, -0.15) is 0 Å². The summed E-state index contributed by atoms with van der Waals surface area (Å²) in [7, 11) is 1.71. The minimum absolute atomic E-state index is 0.892. The van der Waals surface area contributed by atoms with Gasteiger partial charge in [0.25, 0.3) is 0 Å². The predicted octanol–water partition coefficient (Wildman–Crippen LogP) is 3.87. The Kier molecular flexibility index (Phi) is 3.50. The molecule has 0 amide bonds. The molecule has 0 saturated heterocycles. The van der Waals surface area contributed by atoms with Crippen molar-refractivity contribution < 1.29 is 4.74 Å². The van der Waals surface area contributed by atoms with Crippen molar-refractivity contribution in [2.24, 2.45) is 0 Å². The van der Waals surface area contributed by atoms with Gasteiger partial charge in [0.2, 0.25) is 0 Å². The molecule has 0 unspecified atom stereocenters. The van der Waals surface area contributed by atoms with E-state index in [1.807, 2.05) is 24.4 Å². The number of H-pyrrole nitrogens is 1. The number of hydrogen-bond acceptors (Lipinski definition) is 3. The summed E-state index contributed by atoms with van der Waals surface area (Å²) in [6, 6.07) is 12.2. The zero-order chi connectivity index (χ0) is 15.6. The molecule has 3 heterocycles. The zero-order valence-electron chi connectivity index (χ0n) is 13.1. The van der Waals surface area contributed by atoms with E-state index < -0.39 is 0 Å². The predicted molar refractivity (Wildman–Crippen MR) is 93.9 cm³/mol. The number of rotatable bonds is 3. The minimum atomic E-state index is 0.892. The smallest absolute Gasteiger partial charge is 0.128 e. The van der Waals surface area contributed by atoms with Crippen molar-refractivity contribution in [3.05, 3.63) is 60.4 Å². The highest BCUT2D eigenvalue weighted by molar-refractivity contribution is 5.93. The molecule has 3 aromatic rings. The van der Waals surface area contributed by atoms with Crippen molar-refractivity contribution in [2.75, 3.05) is 25.1 Å². The molecule has 23 heavy (non-hydrogen) atoms. The van der Waals surface area contributed by atoms with Crippen LogP contribution < -0.4 is 9.64 Å². The zero-order valence-corrected chi connectivity index (χ0v) is 13.1. The van der Waals surface area contributed by atoms with Gasteiger partial charge in [0.1, 0.15) is 11.6 Å². The number of hydrogen-bond donors (Lipinski definition) is 1. The lowest BCUT2D eigenvalue weighted by atomic mass is 9.99. The first kappa shape index (κ1) is 13.9. The van der Waals surface area contributed by atoms with Crippen molar-refractivity contribution in [2.45, 2.75) is 6.42 Å². The lowest BCUT2D eigenvalue weighted by Crippen LogP contribution is -2.28. The van der Waals surface area contributed by atoms with Gasteiger partial charge in [-0.1, -0.05) is 12.1 Å². The Bertz CT molecular complexity index is 851. The highest BCUT2D eigenvalue weighted by atomic mass is 16.5. The van der Waals surface area contributed by atoms with E-state index in [2.05, 4.69) is 45.3 Å². The van der Waals surface area contributed by atoms with Crippen molar-refractivity contribution >= 4 is 22.3 Å². The third-order valence-corrected chi connectivity index (χ3v) is 4.42. The van der Waals surface area contributed by atoms with Crippen molar-refractivity contribution in [1.29, 1.82) is 0 Å². The van der Waals surface area contributed by atoms with Gasteiger partial charge in [-0.15, -0.1) is 0 Å². The van der Waals surface area contributed by atoms with Crippen LogP contribution in [0, 0.1) is 0 Å². The lowest BCUT2D eigenvalue weighted by molar-refractivity contribution is 0.415. The number of methoxy groups -OCH3 is 1. The highest BCUT2D eigenvalue weighted by Gasteiger charge is 2.16. The summed E-state index contributed by atoms with van der Waals surface area (Å²) in [5.74, 6) is 1.94. The SMILES string of the molecule is COc1ccc2[nH]cc(C3=CCN(c4ccccn4)CC3)c2c1. The molecule has 1 aliphatic heterocycles. The second-order valence-corrected chi connectivity index (χ2v) is 5.73. The fraction of sp³-hybridized carbons (Fsp3) is 0.211. The van der Waals surface area contributed by atoms with Crippen molar-refractivity contribution in [1.82, 2.24) is 9.97 Å². The van der Waals surface area contributed by atoms with Gasteiger partial charge in [-0.3, -0.25) is 0 Å². The van der Waals surface area contributed by atoms with E-state index in [0.717, 1.165) is 36.6 Å². The average molecular weight is 305 g/mol. The Hall–Kier alpha value is -2.75. The summed E-state index contributed by atoms with van der Waals surface area (Å²) in [4.78, 5) is 10.1. The van der Waals surface area contributed by atoms with Gasteiger partial charge < -0.3 is 14.6 Å². The fourth-order valence-electron chi connectivity index (χ4n) is 3.16. The molecule has 4 rings (SSSR count). The molecule has 4 nitrogen and oxygen atoms in total. The van der Waals surface area contributed by atoms with Crippen molar-refractivity contribution in [3.8, 4) is 5.75 Å². The number of nitrogens with one attached hydrogen (secondary N) is 1. The van der Waals surface area contributed by atoms with Crippen LogP contribution in [0.3, 0.4) is 0 Å². The summed E-state index contributed by atoms with van der Waals surface area (Å²) in [5, 5.41) is 1.22. The first-order valence-corrected chi connectivity index (χ1v) is 7.85. The second kappa shape index (κ2) is 5.80. The number of aromatic nitrogens is 2. The van der Waals surface area contributed by atoms with Crippen LogP contribution in [0.1, 0.15) is 12.0 Å². The Morgan fingerprint density at radius 3 is 2.91 bits per heavy atom. The summed E-state index contributed by atoms with van der Waals surface area (Å²) in [5.41, 5.74) is 3.81. The standard InChI is InChI=1S/C19H19N3O/c1-23-15-5-6-18-16(12-15)17(13-21-18)14-7-10-22(11-8-14)19-4-2-3-9-20-19/h2-7,9,12-13,21H,8,10-11H2,1H3. The fourth-order valence-corrected chi connectivity index (χ4v) is 3.16. The molecule has 0 fully saturated rings. The second-order valence-electron chi connectivity index (χ2n) is 5.73. The van der Waals surface area contributed by atoms with Gasteiger partial charge >= 0.3 is 0 Å². The molecule has 4 heteroatoms. The van der Waals surface area contributed by atoms with Crippen LogP contribution >= 0.6 is 0 Å². The Balaban J connectivity index is 1.63. The van der Waals surface area contributed by atoms with Crippen LogP contribution in [0.2, 0.25) is 0 Å². The normalized spacial score (nSPS) is 14.8. The van der Waals surface area contributed by atoms with Gasteiger partial charge in [0.05, 0.1) is 7.11 Å². The number of fused-ring (bicyclic) bond motifs is 1. The summed E-state index contributed by atoms with van der Waals surface area (Å²) >= 11 is 0. The van der Waals surface area contributed by atoms with Crippen LogP contribution in [0.25, 0.3) is 16.5 Å². The molecule has 0 atom stereocenters. The Morgan fingerprint density at radius 1 is 1.22 bits per heavy atom. The van der Waals surface area contributed by atoms with E-state index in [1.165, 1.54) is 16.5 Å². The van der Waals surface area contributed by atoms with Crippen LogP contribution in [0.4, 0.5) is 5.82 Å². The maximum absolute atomic E-state index is 5.36. The van der Waals surface area contributed by atoms with Crippen LogP contribution in [-0.4, -0.2) is 30.2 Å². The van der Waals surface area contributed by atoms with Gasteiger partial charge in [0.15, 0.2) is 0 Å². The van der Waals surface area contributed by atoms with Gasteiger partial charge in [0, 0.05) is 41.9 Å². The van der Waals surface area contributed by atoms with Gasteiger partial charge in [-0.05, 0) is 42.3 Å². The third kappa shape index (κ3) is 2.57. The quantitative estimate of drug-likeness (QED) is 0.798. The van der Waals surface area contributed by atoms with E-state index in [1.54, 1.807) is 7.11 Å². The van der Waals surface area contributed by atoms with E-state index in [-0.39, 0.29) is 0 Å². The number of anilines is 1. The largest absolute Gasteiger partial charge is 0.497 e. The van der Waals surface area contributed by atoms with Crippen LogP contribution in [0.5, 0.6) is 5.75 Å². The first-order valence-electron chi connectivity index (χ1n) is 7.85. The highest BCUT2D eigenvalue weighted by Crippen LogP contribution is 2.32. The lowest BCUT2D eigenvalue weighted by Gasteiger charge is -2.27. The summed E-state index contributed by atoms with van der Waals surface area (Å²) in [6.07, 6.45) is 7.27. The first-order chi connectivity index (χ1) is 11.3. The maximum atomic E-state index is 5.36. The monoisotopic (exact) mass is 305 g/mol. The molecule has 1 aliphatic rings. The van der Waals surface area contributed by atoms with Crippen LogP contribution in [-0.2, 0) is 0 Å². The van der Waals surface area contributed by atoms with Crippen molar-refractivity contribution in [3.63, 3.8) is 0 Å². The molecule has 0 bridgehead atoms. The van der Waals surface area contributed by atoms with E-state index in [9.17, 15) is 0 Å². The topological polar surface area (TPSA) is 41.1 Å². The maximum Gasteiger partial charge on any atom is 0.128 e. The number of pyridine rings is 1. The molecule has 0 spiro atoms. The molecule has 1 N–H and O–H groups in total. The number of aromatic amines is 1. The average Bonchev–Trinajstić information content (AvgIpc) is 3.05. The molecule has 116 valence electrons. The number of ether oxygens (including phenoxy) is 1. The summed E-state index contributed by atoms with van der Waals surface area (Å²) in [6.45, 7) is 1.88. The number of benzene rings is 1. The minimum Gasteiger partial charge on any atom is -0.497 e. The molecule has 0 saturated carbocycles. The Labute approximate surface area is 135 Å². The molecule has 0 radical (unpaired) electrons. The Morgan fingerprint density at radius 2 is 2.17 bits per heavy atom. The molecule has 2 aromatic heterocycles. The van der Waals surface area contributed by atoms with Gasteiger partial charge in [-0.25, -0.2) is 4.98 Å². The van der Waals surface area contributed by atoms with E-state index >= 15 is 0 Å².